The van der Waals surface area contributed by atoms with E-state index in [9.17, 15) is 0 Å². The maximum Gasteiger partial charge on any atom is 0.0624 e. The number of halogens is 2. The second kappa shape index (κ2) is 5.17. The van der Waals surface area contributed by atoms with Crippen LogP contribution in [0.1, 0.15) is 31.7 Å². The first-order chi connectivity index (χ1) is 8.06. The molecule has 0 bridgehead atoms. The smallest absolute Gasteiger partial charge is 0.0624 e. The van der Waals surface area contributed by atoms with Crippen molar-refractivity contribution in [3.05, 3.63) is 33.8 Å². The molecule has 1 nitrogen and oxygen atoms in total. The van der Waals surface area contributed by atoms with Gasteiger partial charge in [0.25, 0.3) is 0 Å². The molecule has 1 aliphatic carbocycles. The highest BCUT2D eigenvalue weighted by Crippen LogP contribution is 2.44. The predicted octanol–water partition coefficient (Wildman–Crippen LogP) is 4.30. The summed E-state index contributed by atoms with van der Waals surface area (Å²) in [6, 6.07) is 5.86. The third-order valence-electron chi connectivity index (χ3n) is 3.98. The van der Waals surface area contributed by atoms with Gasteiger partial charge in [-0.25, -0.2) is 0 Å². The van der Waals surface area contributed by atoms with Gasteiger partial charge in [-0.3, -0.25) is 0 Å². The molecule has 0 radical (unpaired) electrons. The molecule has 2 unspecified atom stereocenters. The van der Waals surface area contributed by atoms with Crippen LogP contribution in [0.4, 0.5) is 0 Å². The first-order valence-corrected chi connectivity index (χ1v) is 6.95. The minimum absolute atomic E-state index is 0.230. The molecule has 1 fully saturated rings. The van der Waals surface area contributed by atoms with Gasteiger partial charge in [0.15, 0.2) is 0 Å². The van der Waals surface area contributed by atoms with Crippen molar-refractivity contribution in [3.63, 3.8) is 0 Å². The van der Waals surface area contributed by atoms with Crippen LogP contribution in [0.15, 0.2) is 18.2 Å². The van der Waals surface area contributed by atoms with Crippen LogP contribution < -0.4 is 5.73 Å². The Balaban J connectivity index is 2.22. The van der Waals surface area contributed by atoms with Gasteiger partial charge < -0.3 is 5.73 Å². The van der Waals surface area contributed by atoms with E-state index in [-0.39, 0.29) is 5.41 Å². The van der Waals surface area contributed by atoms with Crippen LogP contribution in [0, 0.1) is 11.3 Å². The molecule has 2 atom stereocenters. The first kappa shape index (κ1) is 13.2. The average molecular weight is 272 g/mol. The second-order valence-corrected chi connectivity index (χ2v) is 6.23. The summed E-state index contributed by atoms with van der Waals surface area (Å²) in [5.41, 5.74) is 7.36. The lowest BCUT2D eigenvalue weighted by Gasteiger charge is -2.28. The molecule has 3 heteroatoms. The van der Waals surface area contributed by atoms with Crippen LogP contribution in [-0.2, 0) is 6.42 Å². The molecule has 0 amide bonds. The number of nitrogens with two attached hydrogens (primary N) is 1. The normalized spacial score (nSPS) is 28.6. The van der Waals surface area contributed by atoms with E-state index in [0.29, 0.717) is 10.0 Å². The van der Waals surface area contributed by atoms with Crippen molar-refractivity contribution in [1.82, 2.24) is 0 Å². The molecule has 94 valence electrons. The Morgan fingerprint density at radius 2 is 2.18 bits per heavy atom. The topological polar surface area (TPSA) is 26.0 Å². The van der Waals surface area contributed by atoms with Crippen LogP contribution in [0.2, 0.25) is 10.0 Å². The maximum absolute atomic E-state index is 6.25. The van der Waals surface area contributed by atoms with Crippen LogP contribution >= 0.6 is 23.2 Å². The molecule has 0 spiro atoms. The third kappa shape index (κ3) is 2.78. The molecule has 1 aromatic rings. The van der Waals surface area contributed by atoms with E-state index in [2.05, 4.69) is 13.0 Å². The van der Waals surface area contributed by atoms with E-state index in [4.69, 9.17) is 28.9 Å². The van der Waals surface area contributed by atoms with Crippen LogP contribution in [0.5, 0.6) is 0 Å². The van der Waals surface area contributed by atoms with Crippen molar-refractivity contribution in [2.45, 2.75) is 32.6 Å². The molecule has 2 N–H and O–H groups in total. The number of hydrogen-bond donors (Lipinski definition) is 1. The Morgan fingerprint density at radius 3 is 2.76 bits per heavy atom. The van der Waals surface area contributed by atoms with E-state index < -0.39 is 0 Å². The summed E-state index contributed by atoms with van der Waals surface area (Å²) >= 11 is 12.3. The fourth-order valence-corrected chi connectivity index (χ4v) is 3.39. The van der Waals surface area contributed by atoms with Crippen molar-refractivity contribution in [2.75, 3.05) is 6.54 Å². The molecule has 0 aromatic heterocycles. The summed E-state index contributed by atoms with van der Waals surface area (Å²) in [7, 11) is 0. The second-order valence-electron chi connectivity index (χ2n) is 5.44. The molecular formula is C14H19Cl2N. The van der Waals surface area contributed by atoms with Crippen LogP contribution in [-0.4, -0.2) is 6.54 Å². The maximum atomic E-state index is 6.25. The molecule has 0 heterocycles. The molecule has 0 saturated heterocycles. The zero-order valence-electron chi connectivity index (χ0n) is 10.2. The minimum atomic E-state index is 0.230. The summed E-state index contributed by atoms with van der Waals surface area (Å²) in [5, 5.41) is 1.34. The van der Waals surface area contributed by atoms with Crippen molar-refractivity contribution in [3.8, 4) is 0 Å². The Hall–Kier alpha value is -0.240. The monoisotopic (exact) mass is 271 g/mol. The molecule has 0 aliphatic heterocycles. The number of rotatable bonds is 3. The first-order valence-electron chi connectivity index (χ1n) is 6.19. The molecule has 1 aliphatic rings. The predicted molar refractivity (Wildman–Crippen MR) is 74.7 cm³/mol. The minimum Gasteiger partial charge on any atom is -0.330 e. The van der Waals surface area contributed by atoms with Gasteiger partial charge in [0.2, 0.25) is 0 Å². The Bertz CT molecular complexity index is 405. The molecule has 17 heavy (non-hydrogen) atoms. The standard InChI is InChI=1S/C14H19Cl2N/c1-10-5-6-14(7-10,9-17)8-11-3-2-4-12(15)13(11)16/h2-4,10H,5-9,17H2,1H3. The van der Waals surface area contributed by atoms with Gasteiger partial charge >= 0.3 is 0 Å². The highest BCUT2D eigenvalue weighted by molar-refractivity contribution is 6.42. The van der Waals surface area contributed by atoms with Gasteiger partial charge in [-0.05, 0) is 48.8 Å². The fourth-order valence-electron chi connectivity index (χ4n) is 3.00. The molecule has 1 saturated carbocycles. The van der Waals surface area contributed by atoms with Gasteiger partial charge in [0.1, 0.15) is 0 Å². The lowest BCUT2D eigenvalue weighted by molar-refractivity contribution is 0.296. The molecule has 2 rings (SSSR count). The quantitative estimate of drug-likeness (QED) is 0.872. The summed E-state index contributed by atoms with van der Waals surface area (Å²) in [5.74, 6) is 0.775. The van der Waals surface area contributed by atoms with Gasteiger partial charge in [-0.1, -0.05) is 48.7 Å². The van der Waals surface area contributed by atoms with Gasteiger partial charge in [-0.2, -0.15) is 0 Å². The van der Waals surface area contributed by atoms with Crippen molar-refractivity contribution in [1.29, 1.82) is 0 Å². The van der Waals surface area contributed by atoms with Crippen molar-refractivity contribution >= 4 is 23.2 Å². The molecular weight excluding hydrogens is 253 g/mol. The largest absolute Gasteiger partial charge is 0.330 e. The SMILES string of the molecule is CC1CCC(CN)(Cc2cccc(Cl)c2Cl)C1. The Labute approximate surface area is 113 Å². The average Bonchev–Trinajstić information content (AvgIpc) is 2.68. The lowest BCUT2D eigenvalue weighted by Crippen LogP contribution is -2.30. The summed E-state index contributed by atoms with van der Waals surface area (Å²) in [6.07, 6.45) is 4.63. The van der Waals surface area contributed by atoms with E-state index >= 15 is 0 Å². The van der Waals surface area contributed by atoms with E-state index in [1.54, 1.807) is 0 Å². The van der Waals surface area contributed by atoms with Gasteiger partial charge in [-0.15, -0.1) is 0 Å². The van der Waals surface area contributed by atoms with E-state index in [1.165, 1.54) is 19.3 Å². The summed E-state index contributed by atoms with van der Waals surface area (Å²) in [6.45, 7) is 3.04. The number of benzene rings is 1. The van der Waals surface area contributed by atoms with Crippen molar-refractivity contribution < 1.29 is 0 Å². The third-order valence-corrected chi connectivity index (χ3v) is 4.84. The number of hydrogen-bond acceptors (Lipinski definition) is 1. The zero-order chi connectivity index (χ0) is 12.5. The highest BCUT2D eigenvalue weighted by atomic mass is 35.5. The van der Waals surface area contributed by atoms with Gasteiger partial charge in [0.05, 0.1) is 10.0 Å². The van der Waals surface area contributed by atoms with Crippen LogP contribution in [0.3, 0.4) is 0 Å². The van der Waals surface area contributed by atoms with E-state index in [1.807, 2.05) is 12.1 Å². The van der Waals surface area contributed by atoms with Crippen molar-refractivity contribution in [2.24, 2.45) is 17.1 Å². The lowest BCUT2D eigenvalue weighted by atomic mass is 9.79. The summed E-state index contributed by atoms with van der Waals surface area (Å²) < 4.78 is 0. The van der Waals surface area contributed by atoms with Crippen LogP contribution in [0.25, 0.3) is 0 Å². The zero-order valence-corrected chi connectivity index (χ0v) is 11.7. The highest BCUT2D eigenvalue weighted by Gasteiger charge is 2.36. The van der Waals surface area contributed by atoms with E-state index in [0.717, 1.165) is 24.4 Å². The van der Waals surface area contributed by atoms with Gasteiger partial charge in [0, 0.05) is 0 Å². The summed E-state index contributed by atoms with van der Waals surface area (Å²) in [4.78, 5) is 0. The molecule has 1 aromatic carbocycles. The Morgan fingerprint density at radius 1 is 1.41 bits per heavy atom. The fraction of sp³-hybridized carbons (Fsp3) is 0.571. The Kier molecular flexibility index (Phi) is 4.02.